The quantitative estimate of drug-likeness (QED) is 0.665. The van der Waals surface area contributed by atoms with E-state index in [1.807, 2.05) is 6.07 Å². The molecule has 0 bridgehead atoms. The highest BCUT2D eigenvalue weighted by Crippen LogP contribution is 2.22. The Labute approximate surface area is 163 Å². The molecule has 0 aliphatic carbocycles. The molecule has 3 rings (SSSR count). The standard InChI is InChI=1S/C21H19FN2O3S/c1-14-10-11-18(28(26,27)24-20-9-4-3-6-15(20)2)13-19(14)21(25)23-17-8-5-7-16(22)12-17/h3-13,24H,1-2H3,(H,23,25). The van der Waals surface area contributed by atoms with Crippen molar-refractivity contribution < 1.29 is 17.6 Å². The number of rotatable bonds is 5. The molecule has 0 heterocycles. The van der Waals surface area contributed by atoms with Crippen LogP contribution in [0.1, 0.15) is 21.5 Å². The number of carbonyl (C=O) groups excluding carboxylic acids is 1. The molecule has 5 nitrogen and oxygen atoms in total. The van der Waals surface area contributed by atoms with Crippen LogP contribution in [0.4, 0.5) is 15.8 Å². The molecule has 0 aliphatic rings. The van der Waals surface area contributed by atoms with Crippen LogP contribution < -0.4 is 10.0 Å². The van der Waals surface area contributed by atoms with E-state index >= 15 is 0 Å². The lowest BCUT2D eigenvalue weighted by molar-refractivity contribution is 0.102. The lowest BCUT2D eigenvalue weighted by Gasteiger charge is -2.13. The summed E-state index contributed by atoms with van der Waals surface area (Å²) >= 11 is 0. The molecule has 7 heteroatoms. The van der Waals surface area contributed by atoms with Crippen LogP contribution in [-0.4, -0.2) is 14.3 Å². The fourth-order valence-corrected chi connectivity index (χ4v) is 3.83. The Kier molecular flexibility index (Phi) is 5.46. The van der Waals surface area contributed by atoms with Crippen molar-refractivity contribution in [3.05, 3.63) is 89.2 Å². The number of halogens is 1. The molecule has 0 aromatic heterocycles. The Hall–Kier alpha value is -3.19. The van der Waals surface area contributed by atoms with Gasteiger partial charge in [-0.15, -0.1) is 0 Å². The number of benzene rings is 3. The second kappa shape index (κ2) is 7.82. The first-order valence-electron chi connectivity index (χ1n) is 8.52. The molecule has 3 aromatic rings. The highest BCUT2D eigenvalue weighted by Gasteiger charge is 2.19. The number of nitrogens with one attached hydrogen (secondary N) is 2. The molecular weight excluding hydrogens is 379 g/mol. The predicted octanol–water partition coefficient (Wildman–Crippen LogP) is 4.50. The Balaban J connectivity index is 1.90. The maximum Gasteiger partial charge on any atom is 0.261 e. The van der Waals surface area contributed by atoms with Gasteiger partial charge >= 0.3 is 0 Å². The van der Waals surface area contributed by atoms with E-state index in [1.54, 1.807) is 44.2 Å². The lowest BCUT2D eigenvalue weighted by atomic mass is 10.1. The third-order valence-electron chi connectivity index (χ3n) is 4.24. The normalized spacial score (nSPS) is 11.1. The van der Waals surface area contributed by atoms with E-state index in [2.05, 4.69) is 10.0 Å². The van der Waals surface area contributed by atoms with Gasteiger partial charge in [-0.25, -0.2) is 12.8 Å². The van der Waals surface area contributed by atoms with Crippen LogP contribution in [-0.2, 0) is 10.0 Å². The molecule has 0 unspecified atom stereocenters. The average molecular weight is 398 g/mol. The first-order chi connectivity index (χ1) is 13.3. The zero-order valence-corrected chi connectivity index (χ0v) is 16.2. The van der Waals surface area contributed by atoms with E-state index in [4.69, 9.17) is 0 Å². The van der Waals surface area contributed by atoms with Gasteiger partial charge < -0.3 is 5.32 Å². The van der Waals surface area contributed by atoms with Crippen molar-refractivity contribution in [2.75, 3.05) is 10.0 Å². The van der Waals surface area contributed by atoms with Crippen molar-refractivity contribution in [1.29, 1.82) is 0 Å². The molecule has 0 radical (unpaired) electrons. The number of para-hydroxylation sites is 1. The van der Waals surface area contributed by atoms with Gasteiger partial charge in [-0.2, -0.15) is 0 Å². The minimum Gasteiger partial charge on any atom is -0.322 e. The molecule has 0 aliphatic heterocycles. The molecular formula is C21H19FN2O3S. The van der Waals surface area contributed by atoms with Crippen LogP contribution in [0.25, 0.3) is 0 Å². The maximum absolute atomic E-state index is 13.3. The smallest absolute Gasteiger partial charge is 0.261 e. The third kappa shape index (κ3) is 4.37. The number of sulfonamides is 1. The summed E-state index contributed by atoms with van der Waals surface area (Å²) in [6, 6.07) is 16.8. The Morgan fingerprint density at radius 2 is 1.64 bits per heavy atom. The molecule has 28 heavy (non-hydrogen) atoms. The second-order valence-corrected chi connectivity index (χ2v) is 8.04. The summed E-state index contributed by atoms with van der Waals surface area (Å²) in [6.45, 7) is 3.50. The molecule has 2 N–H and O–H groups in total. The van der Waals surface area contributed by atoms with Crippen LogP contribution >= 0.6 is 0 Å². The van der Waals surface area contributed by atoms with Gasteiger partial charge in [0, 0.05) is 11.3 Å². The topological polar surface area (TPSA) is 75.3 Å². The number of aryl methyl sites for hydroxylation is 2. The van der Waals surface area contributed by atoms with Gasteiger partial charge in [0.15, 0.2) is 0 Å². The number of hydrogen-bond acceptors (Lipinski definition) is 3. The van der Waals surface area contributed by atoms with Gasteiger partial charge in [0.2, 0.25) is 0 Å². The Bertz CT molecular complexity index is 1140. The summed E-state index contributed by atoms with van der Waals surface area (Å²) in [5, 5.41) is 2.58. The van der Waals surface area contributed by atoms with Crippen molar-refractivity contribution in [2.45, 2.75) is 18.7 Å². The van der Waals surface area contributed by atoms with E-state index in [0.717, 1.165) is 5.56 Å². The third-order valence-corrected chi connectivity index (χ3v) is 5.60. The number of carbonyl (C=O) groups is 1. The summed E-state index contributed by atoms with van der Waals surface area (Å²) < 4.78 is 41.4. The fraction of sp³-hybridized carbons (Fsp3) is 0.0952. The molecule has 0 fully saturated rings. The highest BCUT2D eigenvalue weighted by molar-refractivity contribution is 7.92. The monoisotopic (exact) mass is 398 g/mol. The number of anilines is 2. The fourth-order valence-electron chi connectivity index (χ4n) is 2.67. The Morgan fingerprint density at radius 1 is 0.893 bits per heavy atom. The van der Waals surface area contributed by atoms with Gasteiger partial charge in [-0.1, -0.05) is 30.3 Å². The summed E-state index contributed by atoms with van der Waals surface area (Å²) in [7, 11) is -3.88. The first kappa shape index (κ1) is 19.6. The van der Waals surface area contributed by atoms with E-state index in [9.17, 15) is 17.6 Å². The lowest BCUT2D eigenvalue weighted by Crippen LogP contribution is -2.17. The summed E-state index contributed by atoms with van der Waals surface area (Å²) in [5.41, 5.74) is 2.33. The van der Waals surface area contributed by atoms with Crippen molar-refractivity contribution in [2.24, 2.45) is 0 Å². The maximum atomic E-state index is 13.3. The SMILES string of the molecule is Cc1ccccc1NS(=O)(=O)c1ccc(C)c(C(=O)Nc2cccc(F)c2)c1. The highest BCUT2D eigenvalue weighted by atomic mass is 32.2. The molecule has 0 atom stereocenters. The zero-order valence-electron chi connectivity index (χ0n) is 15.4. The van der Waals surface area contributed by atoms with Crippen LogP contribution in [0.3, 0.4) is 0 Å². The first-order valence-corrected chi connectivity index (χ1v) is 10.0. The predicted molar refractivity (Wildman–Crippen MR) is 108 cm³/mol. The van der Waals surface area contributed by atoms with Gasteiger partial charge in [0.1, 0.15) is 5.82 Å². The molecule has 1 amide bonds. The summed E-state index contributed by atoms with van der Waals surface area (Å²) in [6.07, 6.45) is 0. The number of amides is 1. The van der Waals surface area contributed by atoms with E-state index in [-0.39, 0.29) is 16.1 Å². The number of hydrogen-bond donors (Lipinski definition) is 2. The summed E-state index contributed by atoms with van der Waals surface area (Å²) in [4.78, 5) is 12.6. The largest absolute Gasteiger partial charge is 0.322 e. The van der Waals surface area contributed by atoms with Crippen molar-refractivity contribution in [3.8, 4) is 0 Å². The summed E-state index contributed by atoms with van der Waals surface area (Å²) in [5.74, 6) is -0.996. The van der Waals surface area contributed by atoms with Gasteiger partial charge in [-0.05, 0) is 61.4 Å². The van der Waals surface area contributed by atoms with Gasteiger partial charge in [0.05, 0.1) is 10.6 Å². The van der Waals surface area contributed by atoms with E-state index < -0.39 is 21.7 Å². The zero-order chi connectivity index (χ0) is 20.3. The van der Waals surface area contributed by atoms with Crippen LogP contribution in [0, 0.1) is 19.7 Å². The van der Waals surface area contributed by atoms with Gasteiger partial charge in [-0.3, -0.25) is 9.52 Å². The van der Waals surface area contributed by atoms with Crippen molar-refractivity contribution in [3.63, 3.8) is 0 Å². The van der Waals surface area contributed by atoms with Crippen LogP contribution in [0.5, 0.6) is 0 Å². The molecule has 3 aromatic carbocycles. The molecule has 0 spiro atoms. The van der Waals surface area contributed by atoms with Crippen LogP contribution in [0.2, 0.25) is 0 Å². The van der Waals surface area contributed by atoms with Crippen molar-refractivity contribution >= 4 is 27.3 Å². The molecule has 0 saturated carbocycles. The molecule has 0 saturated heterocycles. The Morgan fingerprint density at radius 3 is 2.36 bits per heavy atom. The van der Waals surface area contributed by atoms with Gasteiger partial charge in [0.25, 0.3) is 15.9 Å². The van der Waals surface area contributed by atoms with E-state index in [1.165, 1.54) is 30.3 Å². The second-order valence-electron chi connectivity index (χ2n) is 6.36. The minimum atomic E-state index is -3.88. The van der Waals surface area contributed by atoms with Crippen molar-refractivity contribution in [1.82, 2.24) is 0 Å². The average Bonchev–Trinajstić information content (AvgIpc) is 2.63. The molecule has 144 valence electrons. The minimum absolute atomic E-state index is 0.0363. The van der Waals surface area contributed by atoms with Crippen LogP contribution in [0.15, 0.2) is 71.6 Å². The van der Waals surface area contributed by atoms with E-state index in [0.29, 0.717) is 11.3 Å².